The standard InChI is InChI=1S/C30H44N6O10/c37-25(17-35(18-28(41)42)19-29(43)44)33-9-11-46-23-12-22(14-32-15-23)24(13-27(39)40)34-30(45)21-2-1-10-36(16-21)26(38)4-3-20-5-7-31-8-6-20/h12,14-15,20-21,24,31H,1-11,13,16-19H2,(H,33,37)(H,34,45)(H,39,40)(H,41,42)(H,43,44)/t21-,24+/m1/s1. The summed E-state index contributed by atoms with van der Waals surface area (Å²) in [4.78, 5) is 78.6. The van der Waals surface area contributed by atoms with Crippen molar-refractivity contribution in [2.45, 2.75) is 51.0 Å². The van der Waals surface area contributed by atoms with Crippen LogP contribution in [0.2, 0.25) is 0 Å². The lowest BCUT2D eigenvalue weighted by molar-refractivity contribution is -0.143. The topological polar surface area (TPSA) is 228 Å². The van der Waals surface area contributed by atoms with E-state index in [-0.39, 0.29) is 37.3 Å². The van der Waals surface area contributed by atoms with Crippen LogP contribution in [-0.2, 0) is 28.8 Å². The van der Waals surface area contributed by atoms with Crippen LogP contribution in [0.25, 0.3) is 0 Å². The number of pyridine rings is 1. The number of ether oxygens (including phenoxy) is 1. The average Bonchev–Trinajstić information content (AvgIpc) is 3.01. The van der Waals surface area contributed by atoms with E-state index >= 15 is 0 Å². The van der Waals surface area contributed by atoms with Gasteiger partial charge in [-0.2, -0.15) is 0 Å². The Morgan fingerprint density at radius 2 is 1.72 bits per heavy atom. The molecule has 2 saturated heterocycles. The Morgan fingerprint density at radius 1 is 1.00 bits per heavy atom. The lowest BCUT2D eigenvalue weighted by Gasteiger charge is -2.33. The van der Waals surface area contributed by atoms with E-state index in [4.69, 9.17) is 14.9 Å². The van der Waals surface area contributed by atoms with Crippen molar-refractivity contribution in [3.63, 3.8) is 0 Å². The fourth-order valence-electron chi connectivity index (χ4n) is 5.66. The Labute approximate surface area is 266 Å². The Hall–Kier alpha value is -4.31. The minimum Gasteiger partial charge on any atom is -0.490 e. The van der Waals surface area contributed by atoms with E-state index in [2.05, 4.69) is 20.9 Å². The molecule has 1 aromatic rings. The van der Waals surface area contributed by atoms with Gasteiger partial charge in [-0.25, -0.2) is 0 Å². The molecule has 254 valence electrons. The quantitative estimate of drug-likeness (QED) is 0.113. The minimum atomic E-state index is -1.27. The van der Waals surface area contributed by atoms with Crippen molar-refractivity contribution < 1.29 is 48.8 Å². The molecule has 6 N–H and O–H groups in total. The minimum absolute atomic E-state index is 0.0150. The van der Waals surface area contributed by atoms with Gasteiger partial charge < -0.3 is 40.9 Å². The summed E-state index contributed by atoms with van der Waals surface area (Å²) in [5.41, 5.74) is 0.404. The highest BCUT2D eigenvalue weighted by Gasteiger charge is 2.31. The van der Waals surface area contributed by atoms with E-state index in [0.717, 1.165) is 37.3 Å². The Balaban J connectivity index is 1.50. The van der Waals surface area contributed by atoms with Crippen LogP contribution in [0.15, 0.2) is 18.5 Å². The summed E-state index contributed by atoms with van der Waals surface area (Å²) in [6.45, 7) is 1.16. The molecule has 3 heterocycles. The normalized spacial score (nSPS) is 17.6. The van der Waals surface area contributed by atoms with Crippen molar-refractivity contribution in [1.82, 2.24) is 30.7 Å². The van der Waals surface area contributed by atoms with E-state index < -0.39 is 61.8 Å². The molecule has 2 aliphatic heterocycles. The van der Waals surface area contributed by atoms with Gasteiger partial charge in [0.25, 0.3) is 0 Å². The molecule has 16 nitrogen and oxygen atoms in total. The zero-order valence-corrected chi connectivity index (χ0v) is 25.8. The first-order chi connectivity index (χ1) is 22.0. The van der Waals surface area contributed by atoms with Crippen LogP contribution in [0.1, 0.15) is 56.6 Å². The van der Waals surface area contributed by atoms with Crippen LogP contribution in [0.4, 0.5) is 0 Å². The number of amides is 3. The van der Waals surface area contributed by atoms with Crippen molar-refractivity contribution in [3.8, 4) is 5.75 Å². The van der Waals surface area contributed by atoms with E-state index in [1.54, 1.807) is 11.0 Å². The number of hydrogen-bond donors (Lipinski definition) is 6. The molecule has 0 radical (unpaired) electrons. The van der Waals surface area contributed by atoms with Crippen molar-refractivity contribution in [1.29, 1.82) is 0 Å². The Kier molecular flexibility index (Phi) is 14.6. The van der Waals surface area contributed by atoms with Crippen molar-refractivity contribution >= 4 is 35.6 Å². The largest absolute Gasteiger partial charge is 0.490 e. The Morgan fingerprint density at radius 3 is 2.39 bits per heavy atom. The van der Waals surface area contributed by atoms with Gasteiger partial charge in [0, 0.05) is 25.7 Å². The van der Waals surface area contributed by atoms with Gasteiger partial charge in [-0.15, -0.1) is 0 Å². The van der Waals surface area contributed by atoms with E-state index in [1.165, 1.54) is 12.4 Å². The van der Waals surface area contributed by atoms with Gasteiger partial charge in [-0.3, -0.25) is 38.7 Å². The third-order valence-electron chi connectivity index (χ3n) is 7.98. The average molecular weight is 649 g/mol. The second kappa shape index (κ2) is 18.6. The summed E-state index contributed by atoms with van der Waals surface area (Å²) >= 11 is 0. The first kappa shape index (κ1) is 36.2. The van der Waals surface area contributed by atoms with Crippen LogP contribution >= 0.6 is 0 Å². The molecule has 1 aromatic heterocycles. The second-order valence-corrected chi connectivity index (χ2v) is 11.7. The van der Waals surface area contributed by atoms with Crippen molar-refractivity contribution in [3.05, 3.63) is 24.0 Å². The third kappa shape index (κ3) is 13.0. The molecule has 0 saturated carbocycles. The number of nitrogens with zero attached hydrogens (tertiary/aromatic N) is 3. The maximum Gasteiger partial charge on any atom is 0.317 e. The zero-order chi connectivity index (χ0) is 33.5. The summed E-state index contributed by atoms with van der Waals surface area (Å²) in [7, 11) is 0. The summed E-state index contributed by atoms with van der Waals surface area (Å²) in [6, 6.07) is 0.642. The van der Waals surface area contributed by atoms with E-state index in [0.29, 0.717) is 37.3 Å². The van der Waals surface area contributed by atoms with Gasteiger partial charge in [0.2, 0.25) is 17.7 Å². The third-order valence-corrected chi connectivity index (χ3v) is 7.98. The number of aromatic nitrogens is 1. The molecular formula is C30H44N6O10. The summed E-state index contributed by atoms with van der Waals surface area (Å²) in [5, 5.41) is 36.0. The maximum atomic E-state index is 13.3. The molecule has 16 heteroatoms. The highest BCUT2D eigenvalue weighted by Crippen LogP contribution is 2.25. The molecule has 3 amide bonds. The van der Waals surface area contributed by atoms with E-state index in [9.17, 15) is 33.9 Å². The lowest BCUT2D eigenvalue weighted by atomic mass is 9.92. The first-order valence-electron chi connectivity index (χ1n) is 15.5. The van der Waals surface area contributed by atoms with Gasteiger partial charge in [0.15, 0.2) is 0 Å². The molecule has 0 unspecified atom stereocenters. The molecule has 0 bridgehead atoms. The zero-order valence-electron chi connectivity index (χ0n) is 25.8. The molecule has 0 spiro atoms. The molecule has 3 rings (SSSR count). The highest BCUT2D eigenvalue weighted by atomic mass is 16.5. The van der Waals surface area contributed by atoms with Crippen LogP contribution < -0.4 is 20.7 Å². The fraction of sp³-hybridized carbons (Fsp3) is 0.633. The number of piperidine rings is 2. The number of carbonyl (C=O) groups excluding carboxylic acids is 3. The van der Waals surface area contributed by atoms with Gasteiger partial charge in [0.05, 0.1) is 50.8 Å². The van der Waals surface area contributed by atoms with E-state index in [1.807, 2.05) is 0 Å². The van der Waals surface area contributed by atoms with Crippen molar-refractivity contribution in [2.75, 3.05) is 59.0 Å². The molecule has 2 fully saturated rings. The van der Waals surface area contributed by atoms with Crippen molar-refractivity contribution in [2.24, 2.45) is 11.8 Å². The Bertz CT molecular complexity index is 1210. The lowest BCUT2D eigenvalue weighted by Crippen LogP contribution is -2.46. The molecule has 46 heavy (non-hydrogen) atoms. The number of nitrogens with one attached hydrogen (secondary N) is 3. The maximum absolute atomic E-state index is 13.3. The van der Waals surface area contributed by atoms with Gasteiger partial charge in [0.1, 0.15) is 12.4 Å². The number of aliphatic carboxylic acids is 3. The summed E-state index contributed by atoms with van der Waals surface area (Å²) < 4.78 is 5.63. The number of carboxylic acid groups (broad SMARTS) is 3. The van der Waals surface area contributed by atoms with Gasteiger partial charge in [-0.05, 0) is 62.7 Å². The predicted molar refractivity (Wildman–Crippen MR) is 162 cm³/mol. The molecule has 0 aliphatic carbocycles. The first-order valence-corrected chi connectivity index (χ1v) is 15.5. The van der Waals surface area contributed by atoms with Crippen LogP contribution in [-0.4, -0.2) is 125 Å². The van der Waals surface area contributed by atoms with Gasteiger partial charge in [-0.1, -0.05) is 0 Å². The fourth-order valence-corrected chi connectivity index (χ4v) is 5.66. The number of carbonyl (C=O) groups is 6. The predicted octanol–water partition coefficient (Wildman–Crippen LogP) is -0.302. The SMILES string of the molecule is O=C(O)C[C@H](NC(=O)[C@@H]1CCCN(C(=O)CCC2CCNCC2)C1)c1cncc(OCCNC(=O)CN(CC(=O)O)CC(=O)O)c1. The number of hydrogen-bond acceptors (Lipinski definition) is 10. The monoisotopic (exact) mass is 648 g/mol. The summed E-state index contributed by atoms with van der Waals surface area (Å²) in [5.74, 6) is -4.22. The van der Waals surface area contributed by atoms with Crippen LogP contribution in [0, 0.1) is 11.8 Å². The van der Waals surface area contributed by atoms with Gasteiger partial charge >= 0.3 is 17.9 Å². The number of likely N-dealkylation sites (tertiary alicyclic amines) is 1. The smallest absolute Gasteiger partial charge is 0.317 e. The number of carboxylic acids is 3. The number of rotatable bonds is 18. The highest BCUT2D eigenvalue weighted by molar-refractivity contribution is 5.82. The second-order valence-electron chi connectivity index (χ2n) is 11.7. The van der Waals surface area contributed by atoms with Crippen LogP contribution in [0.5, 0.6) is 5.75 Å². The molecule has 2 atom stereocenters. The van der Waals surface area contributed by atoms with Crippen LogP contribution in [0.3, 0.4) is 0 Å². The molecular weight excluding hydrogens is 604 g/mol. The molecule has 0 aromatic carbocycles. The summed E-state index contributed by atoms with van der Waals surface area (Å²) in [6.07, 6.45) is 7.10. The molecule has 2 aliphatic rings.